The summed E-state index contributed by atoms with van der Waals surface area (Å²) in [5.74, 6) is 6.00. The number of halogens is 1. The molecular weight excluding hydrogens is 513 g/mol. The van der Waals surface area contributed by atoms with E-state index in [2.05, 4.69) is 31.7 Å². The van der Waals surface area contributed by atoms with E-state index in [9.17, 15) is 9.18 Å². The third kappa shape index (κ3) is 6.96. The van der Waals surface area contributed by atoms with E-state index in [0.29, 0.717) is 28.2 Å². The van der Waals surface area contributed by atoms with Crippen LogP contribution >= 0.6 is 0 Å². The summed E-state index contributed by atoms with van der Waals surface area (Å²) in [5, 5.41) is 21.7. The Balaban J connectivity index is 1.53. The Bertz CT molecular complexity index is 1480. The molecule has 0 radical (unpaired) electrons. The van der Waals surface area contributed by atoms with Crippen LogP contribution in [0.3, 0.4) is 0 Å². The number of pyridine rings is 2. The molecule has 0 aliphatic carbocycles. The zero-order valence-electron chi connectivity index (χ0n) is 22.3. The fourth-order valence-electron chi connectivity index (χ4n) is 4.25. The highest BCUT2D eigenvalue weighted by molar-refractivity contribution is 6.05. The fourth-order valence-corrected chi connectivity index (χ4v) is 4.25. The van der Waals surface area contributed by atoms with Crippen molar-refractivity contribution in [1.82, 2.24) is 14.9 Å². The molecule has 0 unspecified atom stereocenters. The fraction of sp³-hybridized carbons (Fsp3) is 0.250. The monoisotopic (exact) mass is 543 g/mol. The third-order valence-electron chi connectivity index (χ3n) is 6.42. The van der Waals surface area contributed by atoms with Crippen molar-refractivity contribution in [3.8, 4) is 11.8 Å². The number of likely N-dealkylation sites (N-methyl/N-ethyl adjacent to an activating group) is 1. The smallest absolute Gasteiger partial charge is 0.270 e. The number of amides is 1. The highest BCUT2D eigenvalue weighted by Gasteiger charge is 2.19. The normalized spacial score (nSPS) is 13.3. The second-order valence-corrected chi connectivity index (χ2v) is 9.43. The van der Waals surface area contributed by atoms with E-state index in [1.807, 2.05) is 13.1 Å². The van der Waals surface area contributed by atoms with Gasteiger partial charge in [0.15, 0.2) is 0 Å². The zero-order chi connectivity index (χ0) is 28.8. The number of rotatable bonds is 9. The number of benzene rings is 1. The summed E-state index contributed by atoms with van der Waals surface area (Å²) < 4.78 is 18.6. The molecular formula is C28H30FN9O2. The summed E-state index contributed by atoms with van der Waals surface area (Å²) in [6.07, 6.45) is 4.41. The lowest BCUT2D eigenvalue weighted by Crippen LogP contribution is -2.44. The van der Waals surface area contributed by atoms with Crippen LogP contribution in [-0.2, 0) is 0 Å². The minimum absolute atomic E-state index is 0.0113. The van der Waals surface area contributed by atoms with Crippen LogP contribution in [0.5, 0.6) is 5.75 Å². The number of hydrazine groups is 1. The molecule has 1 fully saturated rings. The van der Waals surface area contributed by atoms with Gasteiger partial charge in [-0.3, -0.25) is 14.8 Å². The Labute approximate surface area is 231 Å². The highest BCUT2D eigenvalue weighted by atomic mass is 19.1. The van der Waals surface area contributed by atoms with Crippen LogP contribution in [0.1, 0.15) is 27.2 Å². The summed E-state index contributed by atoms with van der Waals surface area (Å²) in [6.45, 7) is 8.14. The average molecular weight is 544 g/mol. The number of hydrogen-bond donors (Lipinski definition) is 3. The van der Waals surface area contributed by atoms with Crippen LogP contribution in [0.25, 0.3) is 0 Å². The second-order valence-electron chi connectivity index (χ2n) is 9.43. The third-order valence-corrected chi connectivity index (χ3v) is 6.42. The van der Waals surface area contributed by atoms with Crippen molar-refractivity contribution in [2.24, 2.45) is 5.84 Å². The van der Waals surface area contributed by atoms with Gasteiger partial charge in [-0.2, -0.15) is 9.65 Å². The van der Waals surface area contributed by atoms with Crippen LogP contribution in [-0.4, -0.2) is 66.3 Å². The van der Waals surface area contributed by atoms with Gasteiger partial charge in [0.25, 0.3) is 11.9 Å². The van der Waals surface area contributed by atoms with Crippen LogP contribution in [0, 0.1) is 23.7 Å². The van der Waals surface area contributed by atoms with Crippen LogP contribution < -0.4 is 25.8 Å². The van der Waals surface area contributed by atoms with Crippen LogP contribution in [0.15, 0.2) is 61.5 Å². The number of aryl methyl sites for hydroxylation is 1. The largest absolute Gasteiger partial charge is 0.432 e. The summed E-state index contributed by atoms with van der Waals surface area (Å²) >= 11 is 0. The van der Waals surface area contributed by atoms with Gasteiger partial charge in [0.2, 0.25) is 0 Å². The molecule has 4 rings (SSSR count). The van der Waals surface area contributed by atoms with Crippen molar-refractivity contribution < 1.29 is 13.9 Å². The van der Waals surface area contributed by atoms with Gasteiger partial charge in [-0.1, -0.05) is 0 Å². The number of aromatic nitrogens is 2. The molecule has 1 aliphatic rings. The number of nitrogens with two attached hydrogens (primary N) is 1. The number of nitrogens with one attached hydrogen (secondary N) is 2. The van der Waals surface area contributed by atoms with E-state index in [1.54, 1.807) is 31.2 Å². The van der Waals surface area contributed by atoms with E-state index >= 15 is 0 Å². The second kappa shape index (κ2) is 12.3. The molecule has 40 heavy (non-hydrogen) atoms. The Hall–Kier alpha value is -4.86. The Morgan fingerprint density at radius 3 is 2.65 bits per heavy atom. The number of anilines is 3. The zero-order valence-corrected chi connectivity index (χ0v) is 22.3. The van der Waals surface area contributed by atoms with Gasteiger partial charge in [-0.05, 0) is 44.8 Å². The summed E-state index contributed by atoms with van der Waals surface area (Å²) in [4.78, 5) is 25.9. The van der Waals surface area contributed by atoms with Gasteiger partial charge in [0.05, 0.1) is 41.1 Å². The topological polar surface area (TPSA) is 147 Å². The number of carbonyl (C=O) groups is 1. The summed E-state index contributed by atoms with van der Waals surface area (Å²) in [7, 11) is 2.04. The molecule has 0 bridgehead atoms. The number of nitriles is 1. The first-order valence-corrected chi connectivity index (χ1v) is 12.5. The van der Waals surface area contributed by atoms with Crippen LogP contribution in [0.2, 0.25) is 0 Å². The summed E-state index contributed by atoms with van der Waals surface area (Å²) in [6, 6.07) is 9.11. The number of piperazine rings is 1. The number of ether oxygens (including phenoxy) is 1. The van der Waals surface area contributed by atoms with E-state index in [-0.39, 0.29) is 23.6 Å². The molecule has 3 aromatic rings. The first-order chi connectivity index (χ1) is 19.1. The molecule has 206 valence electrons. The van der Waals surface area contributed by atoms with Crippen molar-refractivity contribution >= 4 is 28.7 Å². The summed E-state index contributed by atoms with van der Waals surface area (Å²) in [5.41, 5.74) is 3.44. The lowest BCUT2D eigenvalue weighted by atomic mass is 10.1. The van der Waals surface area contributed by atoms with E-state index in [0.717, 1.165) is 31.9 Å². The first-order valence-electron chi connectivity index (χ1n) is 12.5. The predicted octanol–water partition coefficient (Wildman–Crippen LogP) is 3.23. The molecule has 3 heterocycles. The van der Waals surface area contributed by atoms with Crippen molar-refractivity contribution in [3.63, 3.8) is 0 Å². The van der Waals surface area contributed by atoms with E-state index < -0.39 is 11.9 Å². The quantitative estimate of drug-likeness (QED) is 0.160. The molecule has 1 aliphatic heterocycles. The van der Waals surface area contributed by atoms with E-state index in [4.69, 9.17) is 21.3 Å². The van der Waals surface area contributed by atoms with Gasteiger partial charge in [-0.15, -0.1) is 0 Å². The lowest BCUT2D eigenvalue weighted by Gasteiger charge is -2.34. The first kappa shape index (κ1) is 28.2. The molecule has 0 atom stereocenters. The van der Waals surface area contributed by atoms with Gasteiger partial charge < -0.3 is 30.3 Å². The van der Waals surface area contributed by atoms with E-state index in [1.165, 1.54) is 29.7 Å². The maximum Gasteiger partial charge on any atom is 0.270 e. The number of nitrogens with zero attached hydrogens (tertiary/aromatic N) is 6. The molecule has 0 saturated carbocycles. The molecule has 11 nitrogen and oxygen atoms in total. The minimum atomic E-state index is -0.974. The van der Waals surface area contributed by atoms with Crippen molar-refractivity contribution in [3.05, 3.63) is 83.9 Å². The Morgan fingerprint density at radius 2 is 1.95 bits per heavy atom. The van der Waals surface area contributed by atoms with Crippen molar-refractivity contribution in [1.29, 1.82) is 10.7 Å². The number of carbonyl (C=O) groups excluding carboxylic acids is 1. The highest BCUT2D eigenvalue weighted by Crippen LogP contribution is 2.28. The molecule has 1 aromatic carbocycles. The van der Waals surface area contributed by atoms with Gasteiger partial charge >= 0.3 is 0 Å². The predicted molar refractivity (Wildman–Crippen MR) is 151 cm³/mol. The molecule has 4 N–H and O–H groups in total. The molecule has 0 spiro atoms. The van der Waals surface area contributed by atoms with Crippen molar-refractivity contribution in [2.45, 2.75) is 6.92 Å². The standard InChI is InChI=1S/C28H30FN9O2/c1-18-27(38(32)17-26(31)22-8-20(13-30)14-33-15-22)11-23(16-34-18)35-28(39)21-9-24(12-25(10-21)40-19(2)29)37-6-4-36(3)5-7-37/h8-12,14-16,31H,2,4-7,17,32H2,1,3H3,(H,35,39). The lowest BCUT2D eigenvalue weighted by molar-refractivity contribution is 0.102. The average Bonchev–Trinajstić information content (AvgIpc) is 2.93. The molecule has 1 saturated heterocycles. The maximum atomic E-state index is 13.5. The Morgan fingerprint density at radius 1 is 1.20 bits per heavy atom. The minimum Gasteiger partial charge on any atom is -0.432 e. The molecule has 2 aromatic heterocycles. The van der Waals surface area contributed by atoms with Crippen molar-refractivity contribution in [2.75, 3.05) is 55.0 Å². The van der Waals surface area contributed by atoms with Gasteiger partial charge in [0, 0.05) is 61.5 Å². The maximum absolute atomic E-state index is 13.5. The van der Waals surface area contributed by atoms with Gasteiger partial charge in [-0.25, -0.2) is 5.84 Å². The Kier molecular flexibility index (Phi) is 8.68. The molecule has 1 amide bonds. The van der Waals surface area contributed by atoms with Gasteiger partial charge in [0.1, 0.15) is 11.8 Å². The number of hydrogen-bond acceptors (Lipinski definition) is 10. The van der Waals surface area contributed by atoms with Crippen LogP contribution in [0.4, 0.5) is 21.5 Å². The SMILES string of the molecule is C=C(F)Oc1cc(C(=O)Nc2cnc(C)c(N(N)CC(=N)c3cncc(C#N)c3)c2)cc(N2CCN(C)CC2)c1. The molecule has 12 heteroatoms.